The second-order valence-electron chi connectivity index (χ2n) is 8.50. The van der Waals surface area contributed by atoms with E-state index >= 15 is 0 Å². The molecule has 0 N–H and O–H groups in total. The van der Waals surface area contributed by atoms with Crippen molar-refractivity contribution in [2.24, 2.45) is 0 Å². The van der Waals surface area contributed by atoms with E-state index in [1.165, 1.54) is 0 Å². The Labute approximate surface area is 191 Å². The number of carbonyl (C=O) groups is 1. The molecule has 32 heavy (non-hydrogen) atoms. The first kappa shape index (κ1) is 19.6. The normalized spacial score (nSPS) is 17.1. The van der Waals surface area contributed by atoms with Gasteiger partial charge in [-0.3, -0.25) is 4.79 Å². The molecule has 0 bridgehead atoms. The Kier molecular flexibility index (Phi) is 4.76. The van der Waals surface area contributed by atoms with E-state index in [0.29, 0.717) is 53.9 Å². The van der Waals surface area contributed by atoms with Crippen LogP contribution in [0.4, 0.5) is 0 Å². The van der Waals surface area contributed by atoms with E-state index in [4.69, 9.17) is 31.0 Å². The van der Waals surface area contributed by atoms with E-state index in [9.17, 15) is 4.79 Å². The first-order chi connectivity index (χ1) is 15.7. The highest BCUT2D eigenvalue weighted by atomic mass is 35.5. The third-order valence-corrected chi connectivity index (χ3v) is 6.58. The molecule has 1 amide bonds. The van der Waals surface area contributed by atoms with Crippen LogP contribution in [0, 0.1) is 0 Å². The Hall–Kier alpha value is -3.12. The molecule has 3 heterocycles. The quantitative estimate of drug-likeness (QED) is 0.585. The minimum Gasteiger partial charge on any atom is -0.454 e. The van der Waals surface area contributed by atoms with E-state index in [-0.39, 0.29) is 12.7 Å². The van der Waals surface area contributed by atoms with Crippen LogP contribution < -0.4 is 9.47 Å². The predicted molar refractivity (Wildman–Crippen MR) is 120 cm³/mol. The molecule has 2 aliphatic heterocycles. The Bertz CT molecular complexity index is 1210. The molecule has 0 atom stereocenters. The van der Waals surface area contributed by atoms with Gasteiger partial charge in [0, 0.05) is 52.8 Å². The molecule has 3 aromatic rings. The summed E-state index contributed by atoms with van der Waals surface area (Å²) in [5, 5.41) is 0.705. The van der Waals surface area contributed by atoms with Crippen molar-refractivity contribution in [2.45, 2.75) is 31.6 Å². The van der Waals surface area contributed by atoms with Crippen molar-refractivity contribution in [1.82, 2.24) is 14.9 Å². The van der Waals surface area contributed by atoms with Crippen molar-refractivity contribution in [3.63, 3.8) is 0 Å². The number of benzene rings is 2. The van der Waals surface area contributed by atoms with Gasteiger partial charge in [-0.1, -0.05) is 23.7 Å². The lowest BCUT2D eigenvalue weighted by molar-refractivity contribution is 0.0762. The summed E-state index contributed by atoms with van der Waals surface area (Å²) < 4.78 is 10.8. The monoisotopic (exact) mass is 447 g/mol. The van der Waals surface area contributed by atoms with E-state index < -0.39 is 0 Å². The fourth-order valence-electron chi connectivity index (χ4n) is 4.40. The lowest BCUT2D eigenvalue weighted by Gasteiger charge is -2.20. The van der Waals surface area contributed by atoms with E-state index in [0.717, 1.165) is 41.2 Å². The molecule has 1 aromatic heterocycles. The Morgan fingerprint density at radius 1 is 0.969 bits per heavy atom. The molecular weight excluding hydrogens is 426 g/mol. The lowest BCUT2D eigenvalue weighted by Crippen LogP contribution is -2.33. The van der Waals surface area contributed by atoms with Crippen LogP contribution in [0.25, 0.3) is 11.3 Å². The average Bonchev–Trinajstić information content (AvgIpc) is 3.59. The van der Waals surface area contributed by atoms with Crippen LogP contribution in [0.1, 0.15) is 46.2 Å². The van der Waals surface area contributed by atoms with Crippen LogP contribution in [0.5, 0.6) is 11.5 Å². The topological polar surface area (TPSA) is 64.6 Å². The van der Waals surface area contributed by atoms with Crippen LogP contribution in [0.3, 0.4) is 0 Å². The van der Waals surface area contributed by atoms with Gasteiger partial charge in [0.05, 0.1) is 5.69 Å². The van der Waals surface area contributed by atoms with Gasteiger partial charge in [-0.15, -0.1) is 0 Å². The molecule has 0 unspecified atom stereocenters. The molecule has 7 heteroatoms. The molecule has 1 saturated carbocycles. The molecule has 0 radical (unpaired) electrons. The van der Waals surface area contributed by atoms with Crippen molar-refractivity contribution in [3.8, 4) is 22.8 Å². The van der Waals surface area contributed by atoms with E-state index in [1.54, 1.807) is 18.2 Å². The predicted octanol–water partition coefficient (Wildman–Crippen LogP) is 4.64. The molecule has 3 aliphatic rings. The van der Waals surface area contributed by atoms with Crippen LogP contribution in [-0.2, 0) is 12.8 Å². The van der Waals surface area contributed by atoms with Gasteiger partial charge in [0.25, 0.3) is 5.91 Å². The van der Waals surface area contributed by atoms with Gasteiger partial charge in [0.15, 0.2) is 11.5 Å². The maximum absolute atomic E-state index is 13.3. The Morgan fingerprint density at radius 2 is 1.75 bits per heavy atom. The van der Waals surface area contributed by atoms with Crippen molar-refractivity contribution < 1.29 is 14.3 Å². The summed E-state index contributed by atoms with van der Waals surface area (Å²) >= 11 is 6.11. The second kappa shape index (κ2) is 7.78. The number of halogens is 1. The number of aromatic nitrogens is 2. The third-order valence-electron chi connectivity index (χ3n) is 6.33. The highest BCUT2D eigenvalue weighted by Crippen LogP contribution is 2.40. The SMILES string of the molecule is O=C(c1ccc2c(c1)OCO2)N1CCc2nc(C3CC3)nc(-c3ccc(Cl)cc3)c2CC1. The van der Waals surface area contributed by atoms with E-state index in [2.05, 4.69) is 0 Å². The second-order valence-corrected chi connectivity index (χ2v) is 8.93. The summed E-state index contributed by atoms with van der Waals surface area (Å²) in [5.41, 5.74) is 4.84. The number of fused-ring (bicyclic) bond motifs is 2. The summed E-state index contributed by atoms with van der Waals surface area (Å²) in [4.78, 5) is 25.1. The van der Waals surface area contributed by atoms with Crippen molar-refractivity contribution in [3.05, 3.63) is 70.1 Å². The molecule has 6 nitrogen and oxygen atoms in total. The fourth-order valence-corrected chi connectivity index (χ4v) is 4.53. The summed E-state index contributed by atoms with van der Waals surface area (Å²) in [6, 6.07) is 13.2. The molecule has 6 rings (SSSR count). The Morgan fingerprint density at radius 3 is 2.56 bits per heavy atom. The largest absolute Gasteiger partial charge is 0.454 e. The van der Waals surface area contributed by atoms with Gasteiger partial charge in [-0.2, -0.15) is 0 Å². The van der Waals surface area contributed by atoms with Crippen LogP contribution in [0.2, 0.25) is 5.02 Å². The number of ether oxygens (including phenoxy) is 2. The zero-order valence-corrected chi connectivity index (χ0v) is 18.3. The average molecular weight is 448 g/mol. The number of amides is 1. The zero-order valence-electron chi connectivity index (χ0n) is 17.5. The van der Waals surface area contributed by atoms with Gasteiger partial charge < -0.3 is 14.4 Å². The zero-order chi connectivity index (χ0) is 21.7. The van der Waals surface area contributed by atoms with E-state index in [1.807, 2.05) is 29.2 Å². The van der Waals surface area contributed by atoms with Crippen LogP contribution in [0.15, 0.2) is 42.5 Å². The summed E-state index contributed by atoms with van der Waals surface area (Å²) in [6.45, 7) is 1.44. The molecular formula is C25H22ClN3O3. The molecule has 0 spiro atoms. The smallest absolute Gasteiger partial charge is 0.254 e. The number of hydrogen-bond donors (Lipinski definition) is 0. The number of hydrogen-bond acceptors (Lipinski definition) is 5. The highest BCUT2D eigenvalue weighted by Gasteiger charge is 2.30. The van der Waals surface area contributed by atoms with Crippen molar-refractivity contribution in [2.75, 3.05) is 19.9 Å². The number of carbonyl (C=O) groups excluding carboxylic acids is 1. The molecule has 1 aliphatic carbocycles. The first-order valence-electron chi connectivity index (χ1n) is 11.0. The maximum atomic E-state index is 13.3. The van der Waals surface area contributed by atoms with Crippen molar-refractivity contribution >= 4 is 17.5 Å². The standard InChI is InChI=1S/C25H22ClN3O3/c26-18-6-3-15(4-7-18)23-19-9-11-29(12-10-20(19)27-24(28-23)16-1-2-16)25(30)17-5-8-21-22(13-17)32-14-31-21/h3-8,13,16H,1-2,9-12,14H2. The summed E-state index contributed by atoms with van der Waals surface area (Å²) in [7, 11) is 0. The lowest BCUT2D eigenvalue weighted by atomic mass is 10.0. The number of rotatable bonds is 3. The van der Waals surface area contributed by atoms with Crippen LogP contribution >= 0.6 is 11.6 Å². The Balaban J connectivity index is 1.31. The molecule has 2 aromatic carbocycles. The van der Waals surface area contributed by atoms with Gasteiger partial charge in [0.2, 0.25) is 6.79 Å². The number of nitrogens with zero attached hydrogens (tertiary/aromatic N) is 3. The maximum Gasteiger partial charge on any atom is 0.254 e. The molecule has 1 fully saturated rings. The minimum absolute atomic E-state index is 0.000440. The third kappa shape index (κ3) is 3.58. The summed E-state index contributed by atoms with van der Waals surface area (Å²) in [5.74, 6) is 2.70. The fraction of sp³-hybridized carbons (Fsp3) is 0.320. The summed E-state index contributed by atoms with van der Waals surface area (Å²) in [6.07, 6.45) is 3.73. The molecule has 162 valence electrons. The van der Waals surface area contributed by atoms with Gasteiger partial charge in [-0.05, 0) is 49.6 Å². The highest BCUT2D eigenvalue weighted by molar-refractivity contribution is 6.30. The first-order valence-corrected chi connectivity index (χ1v) is 11.4. The van der Waals surface area contributed by atoms with Crippen molar-refractivity contribution in [1.29, 1.82) is 0 Å². The van der Waals surface area contributed by atoms with Gasteiger partial charge in [-0.25, -0.2) is 9.97 Å². The molecule has 0 saturated heterocycles. The van der Waals surface area contributed by atoms with Gasteiger partial charge >= 0.3 is 0 Å². The van der Waals surface area contributed by atoms with Gasteiger partial charge in [0.1, 0.15) is 5.82 Å². The van der Waals surface area contributed by atoms with Crippen LogP contribution in [-0.4, -0.2) is 40.7 Å². The minimum atomic E-state index is -0.000440.